The van der Waals surface area contributed by atoms with Crippen LogP contribution >= 0.6 is 0 Å². The van der Waals surface area contributed by atoms with Gasteiger partial charge in [0.2, 0.25) is 0 Å². The van der Waals surface area contributed by atoms with Gasteiger partial charge >= 0.3 is 6.09 Å². The van der Waals surface area contributed by atoms with Crippen molar-refractivity contribution in [1.29, 1.82) is 0 Å². The van der Waals surface area contributed by atoms with E-state index in [1.54, 1.807) is 0 Å². The lowest BCUT2D eigenvalue weighted by atomic mass is 10.0. The summed E-state index contributed by atoms with van der Waals surface area (Å²) in [7, 11) is 0. The van der Waals surface area contributed by atoms with Gasteiger partial charge < -0.3 is 9.64 Å². The van der Waals surface area contributed by atoms with Gasteiger partial charge in [-0.25, -0.2) is 4.79 Å². The Morgan fingerprint density at radius 2 is 2.13 bits per heavy atom. The molecule has 1 fully saturated rings. The van der Waals surface area contributed by atoms with E-state index in [0.29, 0.717) is 0 Å². The molecule has 1 saturated heterocycles. The van der Waals surface area contributed by atoms with E-state index in [4.69, 9.17) is 4.74 Å². The number of carbonyl (C=O) groups is 1. The van der Waals surface area contributed by atoms with E-state index in [0.717, 1.165) is 36.1 Å². The molecule has 0 N–H and O–H groups in total. The largest absolute Gasteiger partial charge is 0.444 e. The zero-order chi connectivity index (χ0) is 17.0. The lowest BCUT2D eigenvalue weighted by Crippen LogP contribution is -2.39. The van der Waals surface area contributed by atoms with Crippen LogP contribution in [0.1, 0.15) is 51.7 Å². The van der Waals surface area contributed by atoms with Crippen molar-refractivity contribution in [2.75, 3.05) is 6.54 Å². The van der Waals surface area contributed by atoms with Gasteiger partial charge in [0.1, 0.15) is 5.60 Å². The summed E-state index contributed by atoms with van der Waals surface area (Å²) in [6, 6.07) is 8.38. The zero-order valence-electron chi connectivity index (χ0n) is 14.6. The first kappa shape index (κ1) is 17.3. The van der Waals surface area contributed by atoms with Gasteiger partial charge in [-0.1, -0.05) is 42.5 Å². The van der Waals surface area contributed by atoms with Crippen molar-refractivity contribution in [1.82, 2.24) is 4.90 Å². The van der Waals surface area contributed by atoms with Crippen molar-refractivity contribution in [3.05, 3.63) is 48.0 Å². The van der Waals surface area contributed by atoms with Gasteiger partial charge in [-0.3, -0.25) is 0 Å². The molecule has 2 rings (SSSR count). The van der Waals surface area contributed by atoms with Crippen LogP contribution in [0.2, 0.25) is 0 Å². The third kappa shape index (κ3) is 4.98. The molecule has 0 aliphatic carbocycles. The van der Waals surface area contributed by atoms with E-state index >= 15 is 0 Å². The first-order valence-electron chi connectivity index (χ1n) is 8.20. The molecule has 3 heteroatoms. The molecule has 0 bridgehead atoms. The molecule has 1 heterocycles. The highest BCUT2D eigenvalue weighted by molar-refractivity contribution is 5.70. The summed E-state index contributed by atoms with van der Waals surface area (Å²) in [6.45, 7) is 12.4. The minimum Gasteiger partial charge on any atom is -0.444 e. The second-order valence-corrected chi connectivity index (χ2v) is 7.15. The number of carbonyl (C=O) groups excluding carboxylic acids is 1. The van der Waals surface area contributed by atoms with Gasteiger partial charge in [0.25, 0.3) is 0 Å². The maximum Gasteiger partial charge on any atom is 0.410 e. The zero-order valence-corrected chi connectivity index (χ0v) is 14.6. The Balaban J connectivity index is 2.07. The van der Waals surface area contributed by atoms with Crippen LogP contribution in [0.25, 0.3) is 11.6 Å². The van der Waals surface area contributed by atoms with E-state index in [1.165, 1.54) is 0 Å². The van der Waals surface area contributed by atoms with Crippen LogP contribution in [-0.4, -0.2) is 29.2 Å². The van der Waals surface area contributed by atoms with Crippen molar-refractivity contribution in [3.63, 3.8) is 0 Å². The van der Waals surface area contributed by atoms with Crippen LogP contribution < -0.4 is 0 Å². The second-order valence-electron chi connectivity index (χ2n) is 7.15. The molecule has 124 valence electrons. The highest BCUT2D eigenvalue weighted by Crippen LogP contribution is 2.23. The Hall–Kier alpha value is -2.03. The molecule has 0 saturated carbocycles. The average Bonchev–Trinajstić information content (AvgIpc) is 2.92. The van der Waals surface area contributed by atoms with E-state index < -0.39 is 5.60 Å². The lowest BCUT2D eigenvalue weighted by molar-refractivity contribution is 0.0256. The SMILES string of the molecule is C=C(C)c1cccc(/C=C/[C@H]2CCCN2C(=O)OC(C)(C)C)c1. The van der Waals surface area contributed by atoms with Gasteiger partial charge in [-0.2, -0.15) is 0 Å². The van der Waals surface area contributed by atoms with Gasteiger partial charge in [-0.15, -0.1) is 0 Å². The standard InChI is InChI=1S/C20H27NO2/c1-15(2)17-9-6-8-16(14-17)11-12-18-10-7-13-21(18)19(22)23-20(3,4)5/h6,8-9,11-12,14,18H,1,7,10,13H2,2-5H3/b12-11+/t18-/m1/s1. The fraction of sp³-hybridized carbons (Fsp3) is 0.450. The minimum absolute atomic E-state index is 0.110. The number of rotatable bonds is 3. The summed E-state index contributed by atoms with van der Waals surface area (Å²) in [5, 5.41) is 0. The maximum atomic E-state index is 12.3. The van der Waals surface area contributed by atoms with E-state index in [9.17, 15) is 4.79 Å². The highest BCUT2D eigenvalue weighted by Gasteiger charge is 2.30. The summed E-state index contributed by atoms with van der Waals surface area (Å²) in [5.41, 5.74) is 2.87. The van der Waals surface area contributed by atoms with Crippen molar-refractivity contribution in [2.24, 2.45) is 0 Å². The minimum atomic E-state index is -0.455. The summed E-state index contributed by atoms with van der Waals surface area (Å²) in [5.74, 6) is 0. The normalized spacial score (nSPS) is 18.4. The number of hydrogen-bond donors (Lipinski definition) is 0. The predicted octanol–water partition coefficient (Wildman–Crippen LogP) is 5.13. The predicted molar refractivity (Wildman–Crippen MR) is 96.1 cm³/mol. The molecule has 1 aromatic carbocycles. The molecule has 0 spiro atoms. The smallest absolute Gasteiger partial charge is 0.410 e. The van der Waals surface area contributed by atoms with Gasteiger partial charge in [-0.05, 0) is 57.7 Å². The van der Waals surface area contributed by atoms with Crippen molar-refractivity contribution in [2.45, 2.75) is 52.2 Å². The number of ether oxygens (including phenoxy) is 1. The number of likely N-dealkylation sites (tertiary alicyclic amines) is 1. The molecule has 3 nitrogen and oxygen atoms in total. The molecule has 1 aliphatic rings. The van der Waals surface area contributed by atoms with Crippen molar-refractivity contribution < 1.29 is 9.53 Å². The molecular formula is C20H27NO2. The maximum absolute atomic E-state index is 12.3. The fourth-order valence-corrected chi connectivity index (χ4v) is 2.67. The monoisotopic (exact) mass is 313 g/mol. The number of allylic oxidation sites excluding steroid dienone is 1. The number of hydrogen-bond acceptors (Lipinski definition) is 2. The van der Waals surface area contributed by atoms with Crippen molar-refractivity contribution >= 4 is 17.7 Å². The van der Waals surface area contributed by atoms with Crippen LogP contribution in [0.3, 0.4) is 0 Å². The Labute approximate surface area is 139 Å². The van der Waals surface area contributed by atoms with E-state index in [2.05, 4.69) is 36.9 Å². The van der Waals surface area contributed by atoms with Crippen LogP contribution in [0.4, 0.5) is 4.79 Å². The average molecular weight is 313 g/mol. The Morgan fingerprint density at radius 1 is 1.39 bits per heavy atom. The lowest BCUT2D eigenvalue weighted by Gasteiger charge is -2.27. The number of nitrogens with zero attached hydrogens (tertiary/aromatic N) is 1. The van der Waals surface area contributed by atoms with Crippen molar-refractivity contribution in [3.8, 4) is 0 Å². The summed E-state index contributed by atoms with van der Waals surface area (Å²) >= 11 is 0. The quantitative estimate of drug-likeness (QED) is 0.774. The Morgan fingerprint density at radius 3 is 2.78 bits per heavy atom. The summed E-state index contributed by atoms with van der Waals surface area (Å²) in [6.07, 6.45) is 5.96. The van der Waals surface area contributed by atoms with Crippen LogP contribution in [0.5, 0.6) is 0 Å². The van der Waals surface area contributed by atoms with E-state index in [1.807, 2.05) is 38.7 Å². The molecule has 23 heavy (non-hydrogen) atoms. The number of benzene rings is 1. The van der Waals surface area contributed by atoms with Gasteiger partial charge in [0.15, 0.2) is 0 Å². The third-order valence-corrected chi connectivity index (χ3v) is 3.82. The first-order valence-corrected chi connectivity index (χ1v) is 8.20. The third-order valence-electron chi connectivity index (χ3n) is 3.82. The molecular weight excluding hydrogens is 286 g/mol. The summed E-state index contributed by atoms with van der Waals surface area (Å²) in [4.78, 5) is 14.1. The van der Waals surface area contributed by atoms with Crippen LogP contribution in [-0.2, 0) is 4.74 Å². The molecule has 1 aromatic rings. The van der Waals surface area contributed by atoms with Gasteiger partial charge in [0, 0.05) is 6.54 Å². The molecule has 0 aromatic heterocycles. The van der Waals surface area contributed by atoms with Crippen LogP contribution in [0, 0.1) is 0 Å². The highest BCUT2D eigenvalue weighted by atomic mass is 16.6. The molecule has 0 unspecified atom stereocenters. The Kier molecular flexibility index (Phi) is 5.30. The van der Waals surface area contributed by atoms with Gasteiger partial charge in [0.05, 0.1) is 6.04 Å². The second kappa shape index (κ2) is 7.03. The van der Waals surface area contributed by atoms with E-state index in [-0.39, 0.29) is 12.1 Å². The topological polar surface area (TPSA) is 29.5 Å². The van der Waals surface area contributed by atoms with Crippen LogP contribution in [0.15, 0.2) is 36.9 Å². The summed E-state index contributed by atoms with van der Waals surface area (Å²) < 4.78 is 5.50. The molecule has 0 radical (unpaired) electrons. The molecule has 1 aliphatic heterocycles. The molecule has 1 atom stereocenters. The number of amides is 1. The molecule has 1 amide bonds. The first-order chi connectivity index (χ1) is 10.8. The Bertz CT molecular complexity index is 610. The fourth-order valence-electron chi connectivity index (χ4n) is 2.67.